The lowest BCUT2D eigenvalue weighted by Crippen LogP contribution is -2.13. The largest absolute Gasteiger partial charge is 0.324 e. The zero-order valence-electron chi connectivity index (χ0n) is 13.3. The molecule has 0 radical (unpaired) electrons. The topological polar surface area (TPSA) is 73.8 Å². The normalized spacial score (nSPS) is 9.88. The number of nitrogens with zero attached hydrogens (tertiary/aromatic N) is 3. The van der Waals surface area contributed by atoms with Crippen LogP contribution in [0.2, 0.25) is 5.02 Å². The molecule has 132 valence electrons. The van der Waals surface area contributed by atoms with Crippen LogP contribution >= 0.6 is 45.6 Å². The van der Waals surface area contributed by atoms with Crippen LogP contribution in [-0.2, 0) is 6.54 Å². The van der Waals surface area contributed by atoms with E-state index in [-0.39, 0.29) is 46.3 Å². The Balaban J connectivity index is 0.00000156. The molecule has 0 aliphatic heterocycles. The Hall–Kier alpha value is -1.54. The molecule has 5 nitrogen and oxygen atoms in total. The molecule has 8 heteroatoms. The molecular formula is C17H17Br2ClN4O. The Bertz CT molecular complexity index is 868. The van der Waals surface area contributed by atoms with Crippen LogP contribution in [0.4, 0.5) is 0 Å². The average molecular weight is 489 g/mol. The summed E-state index contributed by atoms with van der Waals surface area (Å²) in [6.07, 6.45) is 0. The quantitative estimate of drug-likeness (QED) is 0.562. The Morgan fingerprint density at radius 3 is 2.44 bits per heavy atom. The second-order valence-corrected chi connectivity index (χ2v) is 5.50. The number of benzene rings is 2. The van der Waals surface area contributed by atoms with Crippen LogP contribution in [0.5, 0.6) is 0 Å². The van der Waals surface area contributed by atoms with Crippen molar-refractivity contribution in [3.05, 3.63) is 76.3 Å². The summed E-state index contributed by atoms with van der Waals surface area (Å²) in [5.74, 6) is 1.14. The highest BCUT2D eigenvalue weighted by molar-refractivity contribution is 8.93. The van der Waals surface area contributed by atoms with Gasteiger partial charge in [0.1, 0.15) is 5.82 Å². The van der Waals surface area contributed by atoms with Gasteiger partial charge in [0.15, 0.2) is 11.6 Å². The Morgan fingerprint density at radius 1 is 1.12 bits per heavy atom. The van der Waals surface area contributed by atoms with Crippen molar-refractivity contribution in [3.63, 3.8) is 0 Å². The maximum Gasteiger partial charge on any atom is 0.195 e. The van der Waals surface area contributed by atoms with Gasteiger partial charge in [-0.15, -0.1) is 44.2 Å². The summed E-state index contributed by atoms with van der Waals surface area (Å²) in [6, 6.07) is 14.2. The molecule has 0 saturated heterocycles. The number of carbonyl (C=O) groups excluding carboxylic acids is 1. The van der Waals surface area contributed by atoms with E-state index in [1.807, 2.05) is 25.1 Å². The number of nitrogens with two attached hydrogens (primary N) is 1. The lowest BCUT2D eigenvalue weighted by molar-refractivity contribution is 0.103. The van der Waals surface area contributed by atoms with E-state index >= 15 is 0 Å². The van der Waals surface area contributed by atoms with Crippen LogP contribution in [0.25, 0.3) is 5.69 Å². The fourth-order valence-electron chi connectivity index (χ4n) is 2.48. The van der Waals surface area contributed by atoms with Gasteiger partial charge in [0.2, 0.25) is 0 Å². The van der Waals surface area contributed by atoms with Crippen molar-refractivity contribution < 1.29 is 4.79 Å². The van der Waals surface area contributed by atoms with Gasteiger partial charge in [-0.3, -0.25) is 9.36 Å². The maximum absolute atomic E-state index is 12.9. The SMILES string of the molecule is Br.Br.Cc1nnc(CN)n1-c1ccc(Cl)cc1C(=O)c1ccccc1. The number of hydrogen-bond acceptors (Lipinski definition) is 4. The van der Waals surface area contributed by atoms with Crippen LogP contribution in [-0.4, -0.2) is 20.5 Å². The number of halogens is 3. The van der Waals surface area contributed by atoms with Crippen molar-refractivity contribution >= 4 is 51.3 Å². The zero-order chi connectivity index (χ0) is 16.4. The van der Waals surface area contributed by atoms with Gasteiger partial charge in [-0.25, -0.2) is 0 Å². The monoisotopic (exact) mass is 486 g/mol. The molecule has 0 amide bonds. The first-order valence-electron chi connectivity index (χ1n) is 7.12. The van der Waals surface area contributed by atoms with Crippen molar-refractivity contribution in [3.8, 4) is 5.69 Å². The van der Waals surface area contributed by atoms with Crippen molar-refractivity contribution in [2.24, 2.45) is 5.73 Å². The highest BCUT2D eigenvalue weighted by Crippen LogP contribution is 2.24. The van der Waals surface area contributed by atoms with Gasteiger partial charge in [-0.1, -0.05) is 41.9 Å². The third-order valence-corrected chi connectivity index (χ3v) is 3.79. The Kier molecular flexibility index (Phi) is 7.95. The average Bonchev–Trinajstić information content (AvgIpc) is 2.95. The molecule has 25 heavy (non-hydrogen) atoms. The third kappa shape index (κ3) is 4.36. The van der Waals surface area contributed by atoms with Crippen LogP contribution < -0.4 is 5.73 Å². The molecule has 0 atom stereocenters. The van der Waals surface area contributed by atoms with E-state index in [0.717, 1.165) is 0 Å². The fourth-order valence-corrected chi connectivity index (χ4v) is 2.65. The predicted octanol–water partition coefficient (Wildman–Crippen LogP) is 4.07. The third-order valence-electron chi connectivity index (χ3n) is 3.55. The molecule has 1 heterocycles. The highest BCUT2D eigenvalue weighted by atomic mass is 79.9. The van der Waals surface area contributed by atoms with E-state index in [0.29, 0.717) is 33.5 Å². The lowest BCUT2D eigenvalue weighted by atomic mass is 10.0. The first kappa shape index (κ1) is 21.5. The number of ketones is 1. The number of hydrogen-bond donors (Lipinski definition) is 1. The first-order valence-corrected chi connectivity index (χ1v) is 7.50. The molecule has 0 bridgehead atoms. The molecule has 0 spiro atoms. The van der Waals surface area contributed by atoms with Crippen LogP contribution in [0, 0.1) is 6.92 Å². The van der Waals surface area contributed by atoms with Gasteiger partial charge in [0, 0.05) is 16.1 Å². The molecular weight excluding hydrogens is 471 g/mol. The van der Waals surface area contributed by atoms with Crippen molar-refractivity contribution in [1.82, 2.24) is 14.8 Å². The molecule has 0 aliphatic carbocycles. The molecule has 3 aromatic rings. The summed E-state index contributed by atoms with van der Waals surface area (Å²) in [5.41, 5.74) is 7.49. The van der Waals surface area contributed by atoms with Gasteiger partial charge in [0.25, 0.3) is 0 Å². The summed E-state index contributed by atoms with van der Waals surface area (Å²) in [4.78, 5) is 12.9. The highest BCUT2D eigenvalue weighted by Gasteiger charge is 2.19. The number of aromatic nitrogens is 3. The van der Waals surface area contributed by atoms with Gasteiger partial charge in [-0.05, 0) is 25.1 Å². The first-order chi connectivity index (χ1) is 11.1. The molecule has 3 rings (SSSR count). The predicted molar refractivity (Wildman–Crippen MR) is 110 cm³/mol. The lowest BCUT2D eigenvalue weighted by Gasteiger charge is -2.13. The van der Waals surface area contributed by atoms with Gasteiger partial charge in [0.05, 0.1) is 12.2 Å². The van der Waals surface area contributed by atoms with E-state index in [1.165, 1.54) is 0 Å². The second-order valence-electron chi connectivity index (χ2n) is 5.06. The van der Waals surface area contributed by atoms with Crippen molar-refractivity contribution in [2.75, 3.05) is 0 Å². The van der Waals surface area contributed by atoms with Crippen LogP contribution in [0.1, 0.15) is 27.6 Å². The Morgan fingerprint density at radius 2 is 1.80 bits per heavy atom. The van der Waals surface area contributed by atoms with E-state index in [1.54, 1.807) is 34.9 Å². The summed E-state index contributed by atoms with van der Waals surface area (Å²) < 4.78 is 1.78. The number of rotatable bonds is 4. The summed E-state index contributed by atoms with van der Waals surface area (Å²) in [6.45, 7) is 2.04. The zero-order valence-corrected chi connectivity index (χ0v) is 17.5. The molecule has 2 aromatic carbocycles. The number of aryl methyl sites for hydroxylation is 1. The van der Waals surface area contributed by atoms with Crippen molar-refractivity contribution in [2.45, 2.75) is 13.5 Å². The standard InChI is InChI=1S/C17H15ClN4O.2BrH/c1-11-20-21-16(10-19)22(11)15-8-7-13(18)9-14(15)17(23)12-5-3-2-4-6-12;;/h2-9H,10,19H2,1H3;2*1H. The van der Waals surface area contributed by atoms with Crippen LogP contribution in [0.3, 0.4) is 0 Å². The smallest absolute Gasteiger partial charge is 0.195 e. The van der Waals surface area contributed by atoms with E-state index in [4.69, 9.17) is 17.3 Å². The molecule has 0 fully saturated rings. The summed E-state index contributed by atoms with van der Waals surface area (Å²) in [5, 5.41) is 8.59. The molecule has 0 unspecified atom stereocenters. The summed E-state index contributed by atoms with van der Waals surface area (Å²) >= 11 is 6.11. The van der Waals surface area contributed by atoms with Gasteiger partial charge < -0.3 is 5.73 Å². The molecule has 1 aromatic heterocycles. The fraction of sp³-hybridized carbons (Fsp3) is 0.118. The van der Waals surface area contributed by atoms with E-state index in [9.17, 15) is 4.79 Å². The summed E-state index contributed by atoms with van der Waals surface area (Å²) in [7, 11) is 0. The minimum atomic E-state index is -0.112. The van der Waals surface area contributed by atoms with Crippen LogP contribution in [0.15, 0.2) is 48.5 Å². The van der Waals surface area contributed by atoms with Gasteiger partial charge >= 0.3 is 0 Å². The van der Waals surface area contributed by atoms with E-state index < -0.39 is 0 Å². The second kappa shape index (κ2) is 9.24. The minimum absolute atomic E-state index is 0. The van der Waals surface area contributed by atoms with Gasteiger partial charge in [-0.2, -0.15) is 0 Å². The molecule has 0 aliphatic rings. The minimum Gasteiger partial charge on any atom is -0.324 e. The van der Waals surface area contributed by atoms with Crippen molar-refractivity contribution in [1.29, 1.82) is 0 Å². The number of carbonyl (C=O) groups is 1. The van der Waals surface area contributed by atoms with E-state index in [2.05, 4.69) is 10.2 Å². The Labute approximate surface area is 171 Å². The molecule has 2 N–H and O–H groups in total. The maximum atomic E-state index is 12.9. The molecule has 0 saturated carbocycles.